The van der Waals surface area contributed by atoms with E-state index in [1.54, 1.807) is 36.4 Å². The Kier molecular flexibility index (Phi) is 5.39. The summed E-state index contributed by atoms with van der Waals surface area (Å²) in [4.78, 5) is 23.9. The zero-order valence-corrected chi connectivity index (χ0v) is 15.7. The lowest BCUT2D eigenvalue weighted by Gasteiger charge is -2.14. The van der Waals surface area contributed by atoms with Gasteiger partial charge in [0.1, 0.15) is 5.75 Å². The van der Waals surface area contributed by atoms with E-state index in [0.717, 1.165) is 11.3 Å². The first-order chi connectivity index (χ1) is 13.3. The number of ether oxygens (including phenoxy) is 1. The maximum atomic E-state index is 12.1. The lowest BCUT2D eigenvalue weighted by atomic mass is 9.92. The number of esters is 1. The van der Waals surface area contributed by atoms with Crippen LogP contribution in [-0.4, -0.2) is 28.3 Å². The molecular formula is C20H20N4O4. The van der Waals surface area contributed by atoms with Crippen molar-refractivity contribution in [2.45, 2.75) is 26.2 Å². The molecule has 28 heavy (non-hydrogen) atoms. The van der Waals surface area contributed by atoms with Crippen LogP contribution < -0.4 is 10.2 Å². The summed E-state index contributed by atoms with van der Waals surface area (Å²) in [7, 11) is 0. The van der Waals surface area contributed by atoms with Crippen LogP contribution in [-0.2, 0) is 5.41 Å². The SMILES string of the molecule is CC(C)(C)c1cc(C(=O)N/N=C\c2ccc(OC(=O)c3ccco3)cc2)n[nH]1. The molecule has 0 bridgehead atoms. The molecule has 0 aliphatic rings. The Bertz CT molecular complexity index is 980. The average Bonchev–Trinajstić information content (AvgIpc) is 3.35. The number of furan rings is 1. The number of carbonyl (C=O) groups is 2. The molecule has 0 aliphatic heterocycles. The molecule has 2 heterocycles. The van der Waals surface area contributed by atoms with Crippen molar-refractivity contribution in [1.29, 1.82) is 0 Å². The van der Waals surface area contributed by atoms with Crippen LogP contribution in [0.4, 0.5) is 0 Å². The fraction of sp³-hybridized carbons (Fsp3) is 0.200. The van der Waals surface area contributed by atoms with Gasteiger partial charge in [-0.05, 0) is 48.0 Å². The third-order valence-electron chi connectivity index (χ3n) is 3.81. The highest BCUT2D eigenvalue weighted by Gasteiger charge is 2.19. The number of aromatic amines is 1. The maximum absolute atomic E-state index is 12.1. The van der Waals surface area contributed by atoms with Gasteiger partial charge in [0.25, 0.3) is 5.91 Å². The zero-order valence-electron chi connectivity index (χ0n) is 15.7. The van der Waals surface area contributed by atoms with E-state index >= 15 is 0 Å². The number of hydrogen-bond acceptors (Lipinski definition) is 6. The molecule has 1 amide bonds. The lowest BCUT2D eigenvalue weighted by molar-refractivity contribution is 0.0701. The Labute approximate surface area is 161 Å². The first-order valence-electron chi connectivity index (χ1n) is 8.58. The smallest absolute Gasteiger partial charge is 0.379 e. The van der Waals surface area contributed by atoms with Crippen molar-refractivity contribution in [1.82, 2.24) is 15.6 Å². The van der Waals surface area contributed by atoms with E-state index in [0.29, 0.717) is 5.75 Å². The van der Waals surface area contributed by atoms with Gasteiger partial charge in [-0.2, -0.15) is 10.2 Å². The van der Waals surface area contributed by atoms with Crippen LogP contribution >= 0.6 is 0 Å². The van der Waals surface area contributed by atoms with Crippen molar-refractivity contribution in [2.75, 3.05) is 0 Å². The molecule has 0 radical (unpaired) electrons. The van der Waals surface area contributed by atoms with E-state index in [2.05, 4.69) is 20.7 Å². The highest BCUT2D eigenvalue weighted by Crippen LogP contribution is 2.20. The minimum absolute atomic E-state index is 0.126. The predicted octanol–water partition coefficient (Wildman–Crippen LogP) is 3.28. The van der Waals surface area contributed by atoms with Crippen LogP contribution in [0, 0.1) is 0 Å². The number of hydrazone groups is 1. The first-order valence-corrected chi connectivity index (χ1v) is 8.58. The number of aromatic nitrogens is 2. The van der Waals surface area contributed by atoms with E-state index in [4.69, 9.17) is 9.15 Å². The van der Waals surface area contributed by atoms with Crippen molar-refractivity contribution in [3.63, 3.8) is 0 Å². The summed E-state index contributed by atoms with van der Waals surface area (Å²) in [6.45, 7) is 6.07. The van der Waals surface area contributed by atoms with Gasteiger partial charge in [0, 0.05) is 11.1 Å². The fourth-order valence-corrected chi connectivity index (χ4v) is 2.22. The lowest BCUT2D eigenvalue weighted by Crippen LogP contribution is -2.18. The number of nitrogens with zero attached hydrogens (tertiary/aromatic N) is 2. The van der Waals surface area contributed by atoms with Crippen LogP contribution in [0.3, 0.4) is 0 Å². The second kappa shape index (κ2) is 7.91. The van der Waals surface area contributed by atoms with Crippen molar-refractivity contribution >= 4 is 18.1 Å². The van der Waals surface area contributed by atoms with E-state index in [-0.39, 0.29) is 16.9 Å². The number of carbonyl (C=O) groups excluding carboxylic acids is 2. The van der Waals surface area contributed by atoms with Crippen LogP contribution in [0.15, 0.2) is 58.2 Å². The topological polar surface area (TPSA) is 110 Å². The summed E-state index contributed by atoms with van der Waals surface area (Å²) < 4.78 is 10.2. The normalized spacial score (nSPS) is 11.5. The molecule has 3 rings (SSSR count). The van der Waals surface area contributed by atoms with Crippen molar-refractivity contribution in [3.05, 3.63) is 71.4 Å². The highest BCUT2D eigenvalue weighted by molar-refractivity contribution is 5.93. The molecule has 2 N–H and O–H groups in total. The number of amides is 1. The van der Waals surface area contributed by atoms with Gasteiger partial charge in [0.2, 0.25) is 5.76 Å². The molecule has 0 spiro atoms. The third kappa shape index (κ3) is 4.73. The van der Waals surface area contributed by atoms with E-state index in [9.17, 15) is 9.59 Å². The number of benzene rings is 1. The maximum Gasteiger partial charge on any atom is 0.379 e. The van der Waals surface area contributed by atoms with Gasteiger partial charge in [-0.3, -0.25) is 9.89 Å². The Balaban J connectivity index is 1.55. The monoisotopic (exact) mass is 380 g/mol. The zero-order chi connectivity index (χ0) is 20.1. The largest absolute Gasteiger partial charge is 0.457 e. The van der Waals surface area contributed by atoms with Crippen LogP contribution in [0.5, 0.6) is 5.75 Å². The Hall–Kier alpha value is -3.68. The summed E-state index contributed by atoms with van der Waals surface area (Å²) >= 11 is 0. The number of hydrogen-bond donors (Lipinski definition) is 2. The fourth-order valence-electron chi connectivity index (χ4n) is 2.22. The molecule has 1 aromatic carbocycles. The Morgan fingerprint density at radius 2 is 1.96 bits per heavy atom. The molecule has 0 atom stereocenters. The van der Waals surface area contributed by atoms with Gasteiger partial charge in [0.05, 0.1) is 12.5 Å². The van der Waals surface area contributed by atoms with Gasteiger partial charge >= 0.3 is 5.97 Å². The van der Waals surface area contributed by atoms with E-state index in [1.807, 2.05) is 20.8 Å². The number of H-pyrrole nitrogens is 1. The predicted molar refractivity (Wildman–Crippen MR) is 102 cm³/mol. The molecule has 0 unspecified atom stereocenters. The summed E-state index contributed by atoms with van der Waals surface area (Å²) in [5, 5.41) is 10.8. The second-order valence-electron chi connectivity index (χ2n) is 7.05. The minimum atomic E-state index is -0.577. The van der Waals surface area contributed by atoms with Crippen LogP contribution in [0.1, 0.15) is 53.1 Å². The minimum Gasteiger partial charge on any atom is -0.457 e. The molecule has 8 nitrogen and oxygen atoms in total. The molecule has 2 aromatic heterocycles. The van der Waals surface area contributed by atoms with Crippen molar-refractivity contribution in [2.24, 2.45) is 5.10 Å². The molecular weight excluding hydrogens is 360 g/mol. The van der Waals surface area contributed by atoms with Crippen LogP contribution in [0.2, 0.25) is 0 Å². The summed E-state index contributed by atoms with van der Waals surface area (Å²) in [6.07, 6.45) is 2.88. The molecule has 0 fully saturated rings. The standard InChI is InChI=1S/C20H20N4O4/c1-20(2,3)17-11-15(22-23-17)18(25)24-21-12-13-6-8-14(9-7-13)28-19(26)16-5-4-10-27-16/h4-12H,1-3H3,(H,22,23)(H,24,25)/b21-12-. The molecule has 0 saturated carbocycles. The summed E-state index contributed by atoms with van der Waals surface area (Å²) in [6, 6.07) is 11.5. The van der Waals surface area contributed by atoms with Gasteiger partial charge < -0.3 is 9.15 Å². The van der Waals surface area contributed by atoms with E-state index < -0.39 is 11.9 Å². The molecule has 144 valence electrons. The molecule has 8 heteroatoms. The van der Waals surface area contributed by atoms with Gasteiger partial charge in [-0.1, -0.05) is 20.8 Å². The summed E-state index contributed by atoms with van der Waals surface area (Å²) in [5.41, 5.74) is 4.15. The van der Waals surface area contributed by atoms with E-state index in [1.165, 1.54) is 18.5 Å². The number of rotatable bonds is 5. The quantitative estimate of drug-likeness (QED) is 0.305. The average molecular weight is 380 g/mol. The first kappa shape index (κ1) is 19.1. The van der Waals surface area contributed by atoms with Crippen molar-refractivity contribution < 1.29 is 18.7 Å². The van der Waals surface area contributed by atoms with Crippen molar-refractivity contribution in [3.8, 4) is 5.75 Å². The molecule has 0 aliphatic carbocycles. The van der Waals surface area contributed by atoms with Gasteiger partial charge in [-0.15, -0.1) is 0 Å². The Morgan fingerprint density at radius 3 is 2.57 bits per heavy atom. The Morgan fingerprint density at radius 1 is 1.21 bits per heavy atom. The second-order valence-corrected chi connectivity index (χ2v) is 7.05. The molecule has 3 aromatic rings. The van der Waals surface area contributed by atoms with Gasteiger partial charge in [-0.25, -0.2) is 10.2 Å². The third-order valence-corrected chi connectivity index (χ3v) is 3.81. The molecule has 0 saturated heterocycles. The number of nitrogens with one attached hydrogen (secondary N) is 2. The summed E-state index contributed by atoms with van der Waals surface area (Å²) in [5.74, 6) is -0.491. The van der Waals surface area contributed by atoms with Gasteiger partial charge in [0.15, 0.2) is 5.69 Å². The van der Waals surface area contributed by atoms with Crippen LogP contribution in [0.25, 0.3) is 0 Å². The highest BCUT2D eigenvalue weighted by atomic mass is 16.5.